The average Bonchev–Trinajstić information content (AvgIpc) is 3.31. The number of halogens is 3. The van der Waals surface area contributed by atoms with Crippen molar-refractivity contribution in [2.24, 2.45) is 0 Å². The number of nitrogens with zero attached hydrogens (tertiary/aromatic N) is 3. The first kappa shape index (κ1) is 15.6. The highest BCUT2D eigenvalue weighted by atomic mass is 19.4. The maximum absolute atomic E-state index is 12.8. The summed E-state index contributed by atoms with van der Waals surface area (Å²) in [5, 5.41) is 2.85. The van der Waals surface area contributed by atoms with Crippen LogP contribution in [0.25, 0.3) is 16.9 Å². The van der Waals surface area contributed by atoms with Crippen LogP contribution in [0, 0.1) is 0 Å². The number of carbonyl (C=O) groups excluding carboxylic acids is 1. The normalized spacial score (nSPS) is 14.7. The van der Waals surface area contributed by atoms with Crippen LogP contribution >= 0.6 is 0 Å². The molecule has 0 unspecified atom stereocenters. The van der Waals surface area contributed by atoms with E-state index in [0.29, 0.717) is 16.9 Å². The maximum atomic E-state index is 12.8. The number of alkyl halides is 3. The standard InChI is InChI=1S/C17H13F3N4O/c18-17(19,20)10-3-7-12(8-4-10)24-14-13(2-1-9-21-14)23-15(24)16(25)22-11-5-6-11/h1-4,7-9,11H,5-6H2,(H,22,25). The van der Waals surface area contributed by atoms with Crippen molar-refractivity contribution in [2.75, 3.05) is 0 Å². The minimum Gasteiger partial charge on any atom is -0.347 e. The summed E-state index contributed by atoms with van der Waals surface area (Å²) in [5.41, 5.74) is 0.569. The van der Waals surface area contributed by atoms with Gasteiger partial charge < -0.3 is 5.32 Å². The SMILES string of the molecule is O=C(NC1CC1)c1nc2cccnc2n1-c1ccc(C(F)(F)F)cc1. The van der Waals surface area contributed by atoms with Crippen LogP contribution in [0.1, 0.15) is 29.0 Å². The third-order valence-electron chi connectivity index (χ3n) is 3.98. The van der Waals surface area contributed by atoms with Gasteiger partial charge in [0, 0.05) is 17.9 Å². The van der Waals surface area contributed by atoms with Gasteiger partial charge in [-0.2, -0.15) is 13.2 Å². The molecule has 3 aromatic rings. The second-order valence-corrected chi connectivity index (χ2v) is 5.91. The van der Waals surface area contributed by atoms with Gasteiger partial charge >= 0.3 is 6.18 Å². The van der Waals surface area contributed by atoms with Gasteiger partial charge in [0.15, 0.2) is 5.65 Å². The van der Waals surface area contributed by atoms with Gasteiger partial charge in [-0.1, -0.05) is 0 Å². The van der Waals surface area contributed by atoms with Crippen molar-refractivity contribution in [3.63, 3.8) is 0 Å². The van der Waals surface area contributed by atoms with Crippen LogP contribution < -0.4 is 5.32 Å². The first-order valence-electron chi connectivity index (χ1n) is 7.75. The molecule has 5 nitrogen and oxygen atoms in total. The molecule has 1 saturated carbocycles. The van der Waals surface area contributed by atoms with E-state index in [0.717, 1.165) is 25.0 Å². The molecular weight excluding hydrogens is 333 g/mol. The zero-order valence-electron chi connectivity index (χ0n) is 12.9. The number of amides is 1. The summed E-state index contributed by atoms with van der Waals surface area (Å²) >= 11 is 0. The fourth-order valence-electron chi connectivity index (χ4n) is 2.59. The number of hydrogen-bond acceptors (Lipinski definition) is 3. The van der Waals surface area contributed by atoms with Crippen molar-refractivity contribution in [3.05, 3.63) is 54.0 Å². The summed E-state index contributed by atoms with van der Waals surface area (Å²) in [7, 11) is 0. The lowest BCUT2D eigenvalue weighted by Gasteiger charge is -2.11. The highest BCUT2D eigenvalue weighted by Crippen LogP contribution is 2.30. The Hall–Kier alpha value is -2.90. The summed E-state index contributed by atoms with van der Waals surface area (Å²) in [4.78, 5) is 21.0. The van der Waals surface area contributed by atoms with Crippen molar-refractivity contribution in [2.45, 2.75) is 25.1 Å². The fraction of sp³-hybridized carbons (Fsp3) is 0.235. The maximum Gasteiger partial charge on any atom is 0.416 e. The molecule has 1 fully saturated rings. The molecule has 128 valence electrons. The highest BCUT2D eigenvalue weighted by Gasteiger charge is 2.31. The molecule has 2 aromatic heterocycles. The quantitative estimate of drug-likeness (QED) is 0.791. The summed E-state index contributed by atoms with van der Waals surface area (Å²) in [5.74, 6) is -0.249. The molecule has 0 bridgehead atoms. The molecule has 1 amide bonds. The number of rotatable bonds is 3. The van der Waals surface area contributed by atoms with Crippen LogP contribution in [0.15, 0.2) is 42.6 Å². The van der Waals surface area contributed by atoms with Crippen molar-refractivity contribution in [1.82, 2.24) is 19.9 Å². The number of nitrogens with one attached hydrogen (secondary N) is 1. The second-order valence-electron chi connectivity index (χ2n) is 5.91. The Morgan fingerprint density at radius 2 is 1.88 bits per heavy atom. The number of fused-ring (bicyclic) bond motifs is 1. The van der Waals surface area contributed by atoms with E-state index in [-0.39, 0.29) is 17.8 Å². The smallest absolute Gasteiger partial charge is 0.347 e. The minimum absolute atomic E-state index is 0.111. The van der Waals surface area contributed by atoms with Gasteiger partial charge in [-0.3, -0.25) is 9.36 Å². The Kier molecular flexibility index (Phi) is 3.48. The average molecular weight is 346 g/mol. The predicted octanol–water partition coefficient (Wildman–Crippen LogP) is 3.33. The van der Waals surface area contributed by atoms with Gasteiger partial charge in [0.1, 0.15) is 5.52 Å². The van der Waals surface area contributed by atoms with E-state index in [1.807, 2.05) is 0 Å². The van der Waals surface area contributed by atoms with Crippen LogP contribution in [0.3, 0.4) is 0 Å². The Labute approximate surface area is 140 Å². The number of benzene rings is 1. The van der Waals surface area contributed by atoms with Gasteiger partial charge in [0.05, 0.1) is 5.56 Å². The van der Waals surface area contributed by atoms with Crippen LogP contribution in [0.2, 0.25) is 0 Å². The van der Waals surface area contributed by atoms with Gasteiger partial charge in [-0.25, -0.2) is 9.97 Å². The van der Waals surface area contributed by atoms with Crippen LogP contribution in [-0.4, -0.2) is 26.5 Å². The highest BCUT2D eigenvalue weighted by molar-refractivity contribution is 5.95. The van der Waals surface area contributed by atoms with E-state index in [4.69, 9.17) is 0 Å². The molecule has 0 radical (unpaired) electrons. The second kappa shape index (κ2) is 5.58. The van der Waals surface area contributed by atoms with Gasteiger partial charge in [0.2, 0.25) is 5.82 Å². The van der Waals surface area contributed by atoms with Crippen LogP contribution in [0.4, 0.5) is 13.2 Å². The number of imidazole rings is 1. The van der Waals surface area contributed by atoms with Crippen molar-refractivity contribution in [1.29, 1.82) is 0 Å². The van der Waals surface area contributed by atoms with Crippen molar-refractivity contribution in [3.8, 4) is 5.69 Å². The number of carbonyl (C=O) groups is 1. The van der Waals surface area contributed by atoms with Gasteiger partial charge in [0.25, 0.3) is 5.91 Å². The Morgan fingerprint density at radius 1 is 1.16 bits per heavy atom. The lowest BCUT2D eigenvalue weighted by molar-refractivity contribution is -0.137. The molecular formula is C17H13F3N4O. The molecule has 0 aliphatic heterocycles. The minimum atomic E-state index is -4.42. The van der Waals surface area contributed by atoms with Crippen LogP contribution in [-0.2, 0) is 6.18 Å². The molecule has 2 heterocycles. The fourth-order valence-corrected chi connectivity index (χ4v) is 2.59. The molecule has 4 rings (SSSR count). The Bertz CT molecular complexity index is 943. The number of hydrogen-bond donors (Lipinski definition) is 1. The summed E-state index contributed by atoms with van der Waals surface area (Å²) in [6.45, 7) is 0. The largest absolute Gasteiger partial charge is 0.416 e. The molecule has 0 spiro atoms. The first-order chi connectivity index (χ1) is 11.9. The number of pyridine rings is 1. The summed E-state index contributed by atoms with van der Waals surface area (Å²) in [6.07, 6.45) is -1.03. The van der Waals surface area contributed by atoms with Crippen LogP contribution in [0.5, 0.6) is 0 Å². The van der Waals surface area contributed by atoms with Gasteiger partial charge in [-0.15, -0.1) is 0 Å². The molecule has 1 aliphatic carbocycles. The zero-order valence-corrected chi connectivity index (χ0v) is 12.9. The van der Waals surface area contributed by atoms with E-state index >= 15 is 0 Å². The molecule has 1 N–H and O–H groups in total. The Balaban J connectivity index is 1.82. The molecule has 0 atom stereocenters. The predicted molar refractivity (Wildman–Crippen MR) is 84.4 cm³/mol. The van der Waals surface area contributed by atoms with Crippen molar-refractivity contribution < 1.29 is 18.0 Å². The lowest BCUT2D eigenvalue weighted by Crippen LogP contribution is -2.28. The Morgan fingerprint density at radius 3 is 2.52 bits per heavy atom. The third kappa shape index (κ3) is 2.95. The van der Waals surface area contributed by atoms with Gasteiger partial charge in [-0.05, 0) is 49.2 Å². The molecule has 1 aromatic carbocycles. The summed E-state index contributed by atoms with van der Waals surface area (Å²) < 4.78 is 39.8. The number of aromatic nitrogens is 3. The van der Waals surface area contributed by atoms with E-state index in [9.17, 15) is 18.0 Å². The monoisotopic (exact) mass is 346 g/mol. The van der Waals surface area contributed by atoms with Crippen molar-refractivity contribution >= 4 is 17.1 Å². The van der Waals surface area contributed by atoms with E-state index in [1.165, 1.54) is 16.7 Å². The summed E-state index contributed by atoms with van der Waals surface area (Å²) in [6, 6.07) is 8.12. The third-order valence-corrected chi connectivity index (χ3v) is 3.98. The van der Waals surface area contributed by atoms with E-state index < -0.39 is 11.7 Å². The lowest BCUT2D eigenvalue weighted by atomic mass is 10.2. The first-order valence-corrected chi connectivity index (χ1v) is 7.75. The van der Waals surface area contributed by atoms with E-state index in [2.05, 4.69) is 15.3 Å². The molecule has 1 aliphatic rings. The molecule has 8 heteroatoms. The zero-order chi connectivity index (χ0) is 17.6. The van der Waals surface area contributed by atoms with E-state index in [1.54, 1.807) is 18.3 Å². The molecule has 0 saturated heterocycles. The molecule has 25 heavy (non-hydrogen) atoms. The topological polar surface area (TPSA) is 59.8 Å².